The minimum Gasteiger partial charge on any atom is -0.465 e. The van der Waals surface area contributed by atoms with Crippen LogP contribution in [0.2, 0.25) is 0 Å². The Kier molecular flexibility index (Phi) is 7.15. The van der Waals surface area contributed by atoms with E-state index in [-0.39, 0.29) is 11.3 Å². The Morgan fingerprint density at radius 3 is 1.85 bits per heavy atom. The van der Waals surface area contributed by atoms with Crippen LogP contribution in [0, 0.1) is 10.1 Å². The molecule has 0 bridgehead atoms. The Morgan fingerprint density at radius 2 is 1.32 bits per heavy atom. The number of rotatable bonds is 7. The van der Waals surface area contributed by atoms with Crippen LogP contribution in [0.25, 0.3) is 0 Å². The summed E-state index contributed by atoms with van der Waals surface area (Å²) in [5.74, 6) is -1.18. The lowest BCUT2D eigenvalue weighted by molar-refractivity contribution is -0.384. The molecule has 0 saturated heterocycles. The molecule has 0 saturated carbocycles. The number of hydrogen-bond acceptors (Lipinski definition) is 8. The molecule has 0 heterocycles. The van der Waals surface area contributed by atoms with Gasteiger partial charge in [-0.05, 0) is 51.1 Å². The van der Waals surface area contributed by atoms with Crippen molar-refractivity contribution in [3.8, 4) is 0 Å². The molecule has 34 heavy (non-hydrogen) atoms. The van der Waals surface area contributed by atoms with Crippen LogP contribution in [-0.2, 0) is 9.47 Å². The fourth-order valence-electron chi connectivity index (χ4n) is 3.13. The number of methoxy groups -OCH3 is 1. The quantitative estimate of drug-likeness (QED) is 0.255. The van der Waals surface area contributed by atoms with Crippen LogP contribution >= 0.6 is 0 Å². The van der Waals surface area contributed by atoms with Crippen molar-refractivity contribution in [1.82, 2.24) is 0 Å². The van der Waals surface area contributed by atoms with Gasteiger partial charge in [0.15, 0.2) is 0 Å². The number of anilines is 4. The topological polar surface area (TPSA) is 120 Å². The minimum absolute atomic E-state index is 0.0145. The zero-order valence-electron chi connectivity index (χ0n) is 19.2. The zero-order valence-corrected chi connectivity index (χ0v) is 19.2. The fraction of sp³-hybridized carbons (Fsp3) is 0.200. The van der Waals surface area contributed by atoms with Gasteiger partial charge in [-0.1, -0.05) is 24.3 Å². The molecule has 2 N–H and O–H groups in total. The number of non-ortho nitro benzene ring substituents is 1. The first-order chi connectivity index (χ1) is 16.1. The van der Waals surface area contributed by atoms with Gasteiger partial charge in [0, 0.05) is 12.1 Å². The first-order valence-corrected chi connectivity index (χ1v) is 10.4. The average molecular weight is 463 g/mol. The van der Waals surface area contributed by atoms with Gasteiger partial charge < -0.3 is 20.1 Å². The molecule has 0 amide bonds. The molecular weight excluding hydrogens is 438 g/mol. The van der Waals surface area contributed by atoms with Crippen molar-refractivity contribution in [1.29, 1.82) is 0 Å². The van der Waals surface area contributed by atoms with E-state index in [1.54, 1.807) is 69.3 Å². The van der Waals surface area contributed by atoms with Crippen LogP contribution in [0.5, 0.6) is 0 Å². The molecule has 0 aliphatic rings. The molecule has 0 atom stereocenters. The summed E-state index contributed by atoms with van der Waals surface area (Å²) in [5.41, 5.74) is 1.52. The lowest BCUT2D eigenvalue weighted by Gasteiger charge is -2.21. The van der Waals surface area contributed by atoms with Crippen LogP contribution in [0.4, 0.5) is 28.4 Å². The van der Waals surface area contributed by atoms with Gasteiger partial charge in [0.1, 0.15) is 5.60 Å². The van der Waals surface area contributed by atoms with Crippen molar-refractivity contribution in [2.75, 3.05) is 17.7 Å². The van der Waals surface area contributed by atoms with Gasteiger partial charge in [0.2, 0.25) is 0 Å². The number of nitro benzene ring substituents is 1. The molecule has 0 unspecified atom stereocenters. The summed E-state index contributed by atoms with van der Waals surface area (Å²) in [5, 5.41) is 17.5. The summed E-state index contributed by atoms with van der Waals surface area (Å²) < 4.78 is 10.3. The number of benzene rings is 3. The van der Waals surface area contributed by atoms with E-state index in [4.69, 9.17) is 9.47 Å². The van der Waals surface area contributed by atoms with Crippen LogP contribution in [0.3, 0.4) is 0 Å². The number of nitrogens with one attached hydrogen (secondary N) is 2. The Balaban J connectivity index is 1.96. The van der Waals surface area contributed by atoms with Gasteiger partial charge in [0.05, 0.1) is 45.9 Å². The van der Waals surface area contributed by atoms with Crippen molar-refractivity contribution in [2.24, 2.45) is 0 Å². The van der Waals surface area contributed by atoms with Crippen LogP contribution in [0.15, 0.2) is 66.7 Å². The van der Waals surface area contributed by atoms with Crippen LogP contribution < -0.4 is 10.6 Å². The third-order valence-electron chi connectivity index (χ3n) is 4.63. The lowest BCUT2D eigenvalue weighted by Crippen LogP contribution is -2.24. The lowest BCUT2D eigenvalue weighted by atomic mass is 10.1. The van der Waals surface area contributed by atoms with E-state index in [2.05, 4.69) is 10.6 Å². The molecule has 0 fully saturated rings. The molecule has 3 aromatic carbocycles. The molecule has 0 radical (unpaired) electrons. The van der Waals surface area contributed by atoms with E-state index in [0.29, 0.717) is 28.3 Å². The maximum Gasteiger partial charge on any atom is 0.340 e. The highest BCUT2D eigenvalue weighted by molar-refractivity contribution is 5.99. The van der Waals surface area contributed by atoms with E-state index in [0.717, 1.165) is 6.07 Å². The number of esters is 2. The van der Waals surface area contributed by atoms with E-state index in [9.17, 15) is 19.7 Å². The van der Waals surface area contributed by atoms with Gasteiger partial charge in [-0.15, -0.1) is 0 Å². The summed E-state index contributed by atoms with van der Waals surface area (Å²) in [6, 6.07) is 18.0. The molecule has 0 aliphatic heterocycles. The molecule has 0 spiro atoms. The highest BCUT2D eigenvalue weighted by Gasteiger charge is 2.21. The maximum atomic E-state index is 12.7. The number of carbonyl (C=O) groups excluding carboxylic acids is 2. The summed E-state index contributed by atoms with van der Waals surface area (Å²) in [6.45, 7) is 5.38. The van der Waals surface area contributed by atoms with Gasteiger partial charge in [-0.2, -0.15) is 0 Å². The maximum absolute atomic E-state index is 12.7. The zero-order chi connectivity index (χ0) is 24.9. The monoisotopic (exact) mass is 463 g/mol. The Bertz CT molecular complexity index is 1230. The molecule has 9 heteroatoms. The molecule has 3 aromatic rings. The predicted molar refractivity (Wildman–Crippen MR) is 129 cm³/mol. The molecule has 176 valence electrons. The molecular formula is C25H25N3O6. The van der Waals surface area contributed by atoms with Crippen molar-refractivity contribution >= 4 is 40.4 Å². The van der Waals surface area contributed by atoms with Crippen molar-refractivity contribution in [2.45, 2.75) is 26.4 Å². The number of carbonyl (C=O) groups is 2. The molecule has 3 rings (SSSR count). The number of ether oxygens (including phenoxy) is 2. The molecule has 9 nitrogen and oxygen atoms in total. The predicted octanol–water partition coefficient (Wildman–Crippen LogP) is 5.82. The van der Waals surface area contributed by atoms with Crippen molar-refractivity contribution in [3.63, 3.8) is 0 Å². The third kappa shape index (κ3) is 5.89. The Hall–Kier alpha value is -4.40. The van der Waals surface area contributed by atoms with Crippen LogP contribution in [-0.4, -0.2) is 29.6 Å². The standard InChI is InChI=1S/C25H25N3O6/c1-25(2,3)34-24(30)17-9-5-6-10-19(17)26-21-11-7-8-12-22(21)27-20-14-13-16(28(31)32)15-18(20)23(29)33-4/h5-15,26-27H,1-4H3. The molecule has 0 aliphatic carbocycles. The van der Waals surface area contributed by atoms with E-state index in [1.807, 2.05) is 0 Å². The fourth-order valence-corrected chi connectivity index (χ4v) is 3.13. The second-order valence-electron chi connectivity index (χ2n) is 8.32. The second kappa shape index (κ2) is 10.0. The SMILES string of the molecule is COC(=O)c1cc([N+](=O)[O-])ccc1Nc1ccccc1Nc1ccccc1C(=O)OC(C)(C)C. The number of para-hydroxylation sites is 3. The van der Waals surface area contributed by atoms with E-state index >= 15 is 0 Å². The van der Waals surface area contributed by atoms with Crippen LogP contribution in [0.1, 0.15) is 41.5 Å². The van der Waals surface area contributed by atoms with Gasteiger partial charge in [0.25, 0.3) is 5.69 Å². The normalized spacial score (nSPS) is 10.8. The first kappa shape index (κ1) is 24.2. The van der Waals surface area contributed by atoms with Gasteiger partial charge >= 0.3 is 11.9 Å². The summed E-state index contributed by atoms with van der Waals surface area (Å²) in [6.07, 6.45) is 0. The van der Waals surface area contributed by atoms with E-state index < -0.39 is 22.5 Å². The van der Waals surface area contributed by atoms with Gasteiger partial charge in [-0.3, -0.25) is 10.1 Å². The van der Waals surface area contributed by atoms with Gasteiger partial charge in [-0.25, -0.2) is 9.59 Å². The Morgan fingerprint density at radius 1 is 0.794 bits per heavy atom. The average Bonchev–Trinajstić information content (AvgIpc) is 2.79. The van der Waals surface area contributed by atoms with Crippen molar-refractivity contribution in [3.05, 3.63) is 88.0 Å². The first-order valence-electron chi connectivity index (χ1n) is 10.4. The second-order valence-corrected chi connectivity index (χ2v) is 8.32. The summed E-state index contributed by atoms with van der Waals surface area (Å²) in [4.78, 5) is 35.5. The summed E-state index contributed by atoms with van der Waals surface area (Å²) >= 11 is 0. The molecule has 0 aromatic heterocycles. The number of nitro groups is 1. The number of nitrogens with zero attached hydrogens (tertiary/aromatic N) is 1. The van der Waals surface area contributed by atoms with E-state index in [1.165, 1.54) is 19.2 Å². The number of hydrogen-bond donors (Lipinski definition) is 2. The third-order valence-corrected chi connectivity index (χ3v) is 4.63. The summed E-state index contributed by atoms with van der Waals surface area (Å²) in [7, 11) is 1.20. The smallest absolute Gasteiger partial charge is 0.340 e. The highest BCUT2D eigenvalue weighted by atomic mass is 16.6. The largest absolute Gasteiger partial charge is 0.465 e. The minimum atomic E-state index is -0.716. The van der Waals surface area contributed by atoms with Crippen molar-refractivity contribution < 1.29 is 24.0 Å². The Labute approximate surface area is 196 Å². The highest BCUT2D eigenvalue weighted by Crippen LogP contribution is 2.32.